The summed E-state index contributed by atoms with van der Waals surface area (Å²) in [6.45, 7) is -0.913. The molecule has 1 fully saturated rings. The second-order valence-corrected chi connectivity index (χ2v) is 9.31. The number of aliphatic carboxylic acids is 3. The third-order valence-electron chi connectivity index (χ3n) is 6.39. The number of carboxylic acid groups (broad SMARTS) is 3. The van der Waals surface area contributed by atoms with Crippen molar-refractivity contribution < 1.29 is 29.7 Å². The van der Waals surface area contributed by atoms with Crippen LogP contribution in [-0.4, -0.2) is 111 Å². The number of rotatable bonds is 14. The standard InChI is InChI=1S/C24H34N4O6S/c1-26(2)20-5-3-4-6-21(20)28(15-24(33)34)12-19(27(13-22(29)30)14-23(31)32)11-17-7-9-18(10-8-17)25-16-35/h7-10,19-21H,3-6,11-15H2,1-2H3,(H,29,30)(H,31,32)(H,33,34)/t19?,20-,21?/m0/s1. The highest BCUT2D eigenvalue weighted by Gasteiger charge is 2.35. The van der Waals surface area contributed by atoms with Gasteiger partial charge in [0.2, 0.25) is 0 Å². The van der Waals surface area contributed by atoms with Crippen LogP contribution >= 0.6 is 12.2 Å². The van der Waals surface area contributed by atoms with E-state index in [0.29, 0.717) is 12.1 Å². The first-order chi connectivity index (χ1) is 16.6. The SMILES string of the molecule is CN(C)[C@H]1CCCCC1N(CC(=O)O)CC(Cc1ccc(N=C=S)cc1)N(CC(=O)O)CC(=O)O. The van der Waals surface area contributed by atoms with Gasteiger partial charge in [-0.1, -0.05) is 25.0 Å². The fraction of sp³-hybridized carbons (Fsp3) is 0.583. The average Bonchev–Trinajstić information content (AvgIpc) is 2.78. The molecule has 0 spiro atoms. The van der Waals surface area contributed by atoms with E-state index in [-0.39, 0.29) is 25.2 Å². The lowest BCUT2D eigenvalue weighted by atomic mass is 9.87. The molecule has 1 aromatic rings. The van der Waals surface area contributed by atoms with Crippen LogP contribution in [0.3, 0.4) is 0 Å². The van der Waals surface area contributed by atoms with Gasteiger partial charge in [0.1, 0.15) is 0 Å². The van der Waals surface area contributed by atoms with Crippen LogP contribution in [0.5, 0.6) is 0 Å². The Morgan fingerprint density at radius 2 is 1.51 bits per heavy atom. The first kappa shape index (κ1) is 28.5. The monoisotopic (exact) mass is 506 g/mol. The molecule has 1 saturated carbocycles. The Bertz CT molecular complexity index is 903. The van der Waals surface area contributed by atoms with Crippen LogP contribution in [-0.2, 0) is 20.8 Å². The maximum absolute atomic E-state index is 11.8. The Kier molecular flexibility index (Phi) is 11.4. The number of isothiocyanates is 1. The molecule has 0 aromatic heterocycles. The summed E-state index contributed by atoms with van der Waals surface area (Å²) in [6, 6.07) is 6.74. The van der Waals surface area contributed by atoms with Gasteiger partial charge in [-0.25, -0.2) is 0 Å². The van der Waals surface area contributed by atoms with E-state index in [1.807, 2.05) is 31.1 Å². The van der Waals surface area contributed by atoms with Gasteiger partial charge < -0.3 is 20.2 Å². The molecule has 0 saturated heterocycles. The van der Waals surface area contributed by atoms with Crippen molar-refractivity contribution in [2.45, 2.75) is 50.2 Å². The van der Waals surface area contributed by atoms with Crippen molar-refractivity contribution in [3.05, 3.63) is 29.8 Å². The normalized spacial score (nSPS) is 18.9. The zero-order valence-electron chi connectivity index (χ0n) is 20.2. The number of aliphatic imine (C=N–C) groups is 1. The Balaban J connectivity index is 2.41. The summed E-state index contributed by atoms with van der Waals surface area (Å²) in [5.74, 6) is -3.26. The quantitative estimate of drug-likeness (QED) is 0.254. The fourth-order valence-corrected chi connectivity index (χ4v) is 4.99. The van der Waals surface area contributed by atoms with Gasteiger partial charge in [-0.05, 0) is 63.3 Å². The van der Waals surface area contributed by atoms with Gasteiger partial charge in [-0.2, -0.15) is 4.99 Å². The van der Waals surface area contributed by atoms with E-state index in [1.165, 1.54) is 4.90 Å². The topological polar surface area (TPSA) is 134 Å². The summed E-state index contributed by atoms with van der Waals surface area (Å²) in [4.78, 5) is 44.3. The number of carboxylic acids is 3. The molecule has 0 amide bonds. The molecule has 1 aliphatic carbocycles. The molecule has 1 aliphatic rings. The molecular weight excluding hydrogens is 472 g/mol. The Hall–Kier alpha value is -2.69. The number of hydrogen-bond acceptors (Lipinski definition) is 8. The van der Waals surface area contributed by atoms with Crippen molar-refractivity contribution in [2.24, 2.45) is 4.99 Å². The van der Waals surface area contributed by atoms with E-state index in [2.05, 4.69) is 27.3 Å². The highest BCUT2D eigenvalue weighted by Crippen LogP contribution is 2.27. The van der Waals surface area contributed by atoms with Crippen molar-refractivity contribution in [2.75, 3.05) is 40.3 Å². The molecule has 0 radical (unpaired) electrons. The van der Waals surface area contributed by atoms with E-state index in [0.717, 1.165) is 31.2 Å². The zero-order valence-corrected chi connectivity index (χ0v) is 21.0. The van der Waals surface area contributed by atoms with Crippen LogP contribution in [0.25, 0.3) is 0 Å². The largest absolute Gasteiger partial charge is 0.480 e. The third-order valence-corrected chi connectivity index (χ3v) is 6.48. The van der Waals surface area contributed by atoms with Crippen LogP contribution in [0, 0.1) is 0 Å². The molecular formula is C24H34N4O6S. The summed E-state index contributed by atoms with van der Waals surface area (Å²) in [6.07, 6.45) is 4.15. The van der Waals surface area contributed by atoms with E-state index in [4.69, 9.17) is 0 Å². The number of hydrogen-bond donors (Lipinski definition) is 3. The summed E-state index contributed by atoms with van der Waals surface area (Å²) < 4.78 is 0. The molecule has 2 rings (SSSR count). The minimum Gasteiger partial charge on any atom is -0.480 e. The van der Waals surface area contributed by atoms with Crippen molar-refractivity contribution in [3.63, 3.8) is 0 Å². The highest BCUT2D eigenvalue weighted by molar-refractivity contribution is 7.78. The minimum absolute atomic E-state index is 0.0341. The van der Waals surface area contributed by atoms with Crippen LogP contribution in [0.15, 0.2) is 29.3 Å². The molecule has 192 valence electrons. The Morgan fingerprint density at radius 3 is 2.00 bits per heavy atom. The fourth-order valence-electron chi connectivity index (χ4n) is 4.88. The molecule has 10 nitrogen and oxygen atoms in total. The van der Waals surface area contributed by atoms with Gasteiger partial charge in [0.25, 0.3) is 0 Å². The maximum Gasteiger partial charge on any atom is 0.317 e. The first-order valence-electron chi connectivity index (χ1n) is 11.6. The van der Waals surface area contributed by atoms with Gasteiger partial charge in [0.05, 0.1) is 30.5 Å². The van der Waals surface area contributed by atoms with E-state index in [1.54, 1.807) is 12.1 Å². The summed E-state index contributed by atoms with van der Waals surface area (Å²) >= 11 is 4.63. The average molecular weight is 507 g/mol. The van der Waals surface area contributed by atoms with Crippen LogP contribution < -0.4 is 0 Å². The van der Waals surface area contributed by atoms with Crippen molar-refractivity contribution in [3.8, 4) is 0 Å². The van der Waals surface area contributed by atoms with Gasteiger partial charge in [-0.15, -0.1) is 0 Å². The lowest BCUT2D eigenvalue weighted by Crippen LogP contribution is -2.57. The van der Waals surface area contributed by atoms with Crippen LogP contribution in [0.2, 0.25) is 0 Å². The Morgan fingerprint density at radius 1 is 0.971 bits per heavy atom. The van der Waals surface area contributed by atoms with Crippen LogP contribution in [0.4, 0.5) is 5.69 Å². The van der Waals surface area contributed by atoms with Crippen molar-refractivity contribution in [1.29, 1.82) is 0 Å². The summed E-state index contributed by atoms with van der Waals surface area (Å²) in [5.41, 5.74) is 1.47. The second-order valence-electron chi connectivity index (χ2n) is 9.13. The lowest BCUT2D eigenvalue weighted by Gasteiger charge is -2.44. The summed E-state index contributed by atoms with van der Waals surface area (Å²) in [5, 5.41) is 30.9. The van der Waals surface area contributed by atoms with Crippen molar-refractivity contribution >= 4 is 41.0 Å². The molecule has 11 heteroatoms. The smallest absolute Gasteiger partial charge is 0.317 e. The Labute approximate surface area is 210 Å². The maximum atomic E-state index is 11.8. The summed E-state index contributed by atoms with van der Waals surface area (Å²) in [7, 11) is 3.95. The molecule has 0 bridgehead atoms. The van der Waals surface area contributed by atoms with Crippen LogP contribution in [0.1, 0.15) is 31.2 Å². The van der Waals surface area contributed by atoms with Gasteiger partial charge in [0.15, 0.2) is 0 Å². The molecule has 3 atom stereocenters. The molecule has 2 unspecified atom stereocenters. The third kappa shape index (κ3) is 9.46. The number of thiocarbonyl (C=S) groups is 1. The molecule has 35 heavy (non-hydrogen) atoms. The minimum atomic E-state index is -1.14. The molecule has 0 heterocycles. The molecule has 3 N–H and O–H groups in total. The first-order valence-corrected chi connectivity index (χ1v) is 12.0. The lowest BCUT2D eigenvalue weighted by molar-refractivity contribution is -0.145. The number of benzene rings is 1. The highest BCUT2D eigenvalue weighted by atomic mass is 32.1. The van der Waals surface area contributed by atoms with E-state index in [9.17, 15) is 29.7 Å². The van der Waals surface area contributed by atoms with E-state index < -0.39 is 37.0 Å². The van der Waals surface area contributed by atoms with Gasteiger partial charge >= 0.3 is 17.9 Å². The molecule has 0 aliphatic heterocycles. The predicted octanol–water partition coefficient (Wildman–Crippen LogP) is 2.06. The van der Waals surface area contributed by atoms with E-state index >= 15 is 0 Å². The second kappa shape index (κ2) is 14.0. The zero-order chi connectivity index (χ0) is 26.0. The van der Waals surface area contributed by atoms with Gasteiger partial charge in [-0.3, -0.25) is 24.2 Å². The predicted molar refractivity (Wildman–Crippen MR) is 134 cm³/mol. The van der Waals surface area contributed by atoms with Gasteiger partial charge in [0, 0.05) is 24.7 Å². The van der Waals surface area contributed by atoms with Crippen molar-refractivity contribution in [1.82, 2.24) is 14.7 Å². The number of carbonyl (C=O) groups is 3. The number of likely N-dealkylation sites (N-methyl/N-ethyl adjacent to an activating group) is 1. The number of nitrogens with zero attached hydrogens (tertiary/aromatic N) is 4. The molecule has 1 aromatic carbocycles.